The molecule has 0 atom stereocenters. The minimum Gasteiger partial charge on any atom is -0.315 e. The Morgan fingerprint density at radius 2 is 0.688 bits per heavy atom. The number of aryl methyl sites for hydroxylation is 4. The number of aromatic nitrogens is 6. The molecule has 0 aliphatic rings. The molecular weight excluding hydrogens is 825 g/mol. The predicted octanol–water partition coefficient (Wildman–Crippen LogP) is 8.90. The molecule has 0 aliphatic carbocycles. The highest BCUT2D eigenvalue weighted by Crippen LogP contribution is 2.20. The van der Waals surface area contributed by atoms with E-state index in [2.05, 4.69) is 235 Å². The summed E-state index contributed by atoms with van der Waals surface area (Å²) in [7, 11) is 0. The number of benzene rings is 4. The van der Waals surface area contributed by atoms with Crippen molar-refractivity contribution in [3.63, 3.8) is 0 Å². The van der Waals surface area contributed by atoms with Gasteiger partial charge in [-0.1, -0.05) is 108 Å². The Morgan fingerprint density at radius 1 is 0.359 bits per heavy atom. The van der Waals surface area contributed by atoms with Gasteiger partial charge in [-0.25, -0.2) is 18.3 Å². The van der Waals surface area contributed by atoms with Gasteiger partial charge in [0.2, 0.25) is 9.60 Å². The van der Waals surface area contributed by atoms with E-state index in [1.807, 2.05) is 0 Å². The van der Waals surface area contributed by atoms with Crippen molar-refractivity contribution in [2.24, 2.45) is 10.2 Å². The summed E-state index contributed by atoms with van der Waals surface area (Å²) in [4.78, 5) is 1.83. The first kappa shape index (κ1) is 40.9. The van der Waals surface area contributed by atoms with Gasteiger partial charge in [-0.2, -0.15) is 0 Å². The summed E-state index contributed by atoms with van der Waals surface area (Å²) >= 11 is 3.41. The average molecular weight is 875 g/mol. The third kappa shape index (κ3) is 9.73. The van der Waals surface area contributed by atoms with Gasteiger partial charge in [-0.05, 0) is 46.5 Å². The average Bonchev–Trinajstić information content (AvgIpc) is 3.89. The Kier molecular flexibility index (Phi) is 12.5. The molecule has 314 valence electrons. The molecule has 0 fully saturated rings. The molecule has 4 aromatic carbocycles. The Hall–Kier alpha value is -7.14. The van der Waals surface area contributed by atoms with Gasteiger partial charge < -0.3 is 9.13 Å². The molecule has 0 saturated carbocycles. The fourth-order valence-corrected chi connectivity index (χ4v) is 10.2. The molecule has 0 radical (unpaired) electrons. The quantitative estimate of drug-likeness (QED) is 0.0731. The number of fused-ring (bicyclic) bond motifs is 2. The summed E-state index contributed by atoms with van der Waals surface area (Å²) in [5, 5.41) is 9.96. The van der Waals surface area contributed by atoms with Crippen LogP contribution in [0.25, 0.3) is 42.7 Å². The van der Waals surface area contributed by atoms with Gasteiger partial charge in [0, 0.05) is 85.6 Å². The Bertz CT molecular complexity index is 3020. The summed E-state index contributed by atoms with van der Waals surface area (Å²) in [6.07, 6.45) is 19.3. The van der Waals surface area contributed by atoms with E-state index >= 15 is 0 Å². The molecule has 10 rings (SSSR count). The van der Waals surface area contributed by atoms with Crippen molar-refractivity contribution >= 4 is 43.1 Å². The summed E-state index contributed by atoms with van der Waals surface area (Å²) in [5.74, 6) is 0. The second-order valence-corrected chi connectivity index (χ2v) is 18.1. The number of rotatable bonds is 15. The lowest BCUT2D eigenvalue weighted by Gasteiger charge is -2.05. The molecule has 0 amide bonds. The minimum absolute atomic E-state index is 0.841. The van der Waals surface area contributed by atoms with E-state index in [9.17, 15) is 0 Å². The van der Waals surface area contributed by atoms with Crippen LogP contribution in [0, 0.1) is 0 Å². The van der Waals surface area contributed by atoms with Crippen LogP contribution in [0.3, 0.4) is 0 Å². The zero-order valence-electron chi connectivity index (χ0n) is 35.7. The maximum atomic E-state index is 4.98. The molecule has 10 aromatic rings. The van der Waals surface area contributed by atoms with Crippen LogP contribution in [-0.2, 0) is 39.3 Å². The number of para-hydroxylation sites is 2. The van der Waals surface area contributed by atoms with E-state index in [1.165, 1.54) is 53.8 Å². The first-order valence-electron chi connectivity index (χ1n) is 22.0. The first-order valence-corrected chi connectivity index (χ1v) is 23.6. The molecule has 6 aromatic heterocycles. The fraction of sp³-hybridized carbons (Fsp3) is 0.148. The summed E-state index contributed by atoms with van der Waals surface area (Å²) in [5.41, 5.74) is 9.85. The van der Waals surface area contributed by atoms with Gasteiger partial charge in [0.05, 0.1) is 20.4 Å². The minimum atomic E-state index is 0.841. The number of pyridine rings is 4. The van der Waals surface area contributed by atoms with Crippen molar-refractivity contribution in [1.29, 1.82) is 0 Å². The molecule has 10 heteroatoms. The normalized spacial score (nSPS) is 12.1. The molecule has 64 heavy (non-hydrogen) atoms. The predicted molar refractivity (Wildman–Crippen MR) is 256 cm³/mol. The van der Waals surface area contributed by atoms with Crippen LogP contribution in [0.15, 0.2) is 218 Å². The first-order chi connectivity index (χ1) is 31.7. The monoisotopic (exact) mass is 874 g/mol. The molecule has 6 heterocycles. The Morgan fingerprint density at radius 3 is 1.06 bits per heavy atom. The molecule has 0 N–H and O–H groups in total. The van der Waals surface area contributed by atoms with Crippen LogP contribution in [0.1, 0.15) is 24.0 Å². The SMILES string of the molecule is c1ccc(C[n+]2ccc(-c3cc[n+](CCCn4c(=NN=c5sc6ccccc6n5CCC[n+]5ccc(-c6cc[n+](Cc7ccccc7)cc6)cc5)sc5ccccc54)cc3)cc2)cc1. The fourth-order valence-electron chi connectivity index (χ4n) is 8.23. The molecule has 0 aliphatic heterocycles. The second-order valence-electron chi connectivity index (χ2n) is 16.1. The smallest absolute Gasteiger partial charge is 0.211 e. The van der Waals surface area contributed by atoms with E-state index in [0.717, 1.165) is 61.7 Å². The van der Waals surface area contributed by atoms with E-state index in [4.69, 9.17) is 10.2 Å². The van der Waals surface area contributed by atoms with Gasteiger partial charge in [-0.3, -0.25) is 0 Å². The molecule has 0 spiro atoms. The van der Waals surface area contributed by atoms with Crippen LogP contribution in [0.5, 0.6) is 0 Å². The van der Waals surface area contributed by atoms with Crippen LogP contribution in [0.2, 0.25) is 0 Å². The second kappa shape index (κ2) is 19.5. The number of nitrogens with zero attached hydrogens (tertiary/aromatic N) is 8. The van der Waals surface area contributed by atoms with Crippen molar-refractivity contribution in [3.8, 4) is 22.3 Å². The lowest BCUT2D eigenvalue weighted by molar-refractivity contribution is -0.697. The highest BCUT2D eigenvalue weighted by atomic mass is 32.1. The Labute approximate surface area is 381 Å². The van der Waals surface area contributed by atoms with Crippen molar-refractivity contribution in [2.75, 3.05) is 0 Å². The molecular formula is C54H50N8S2+4. The van der Waals surface area contributed by atoms with Gasteiger partial charge >= 0.3 is 0 Å². The number of hydrogen-bond donors (Lipinski definition) is 0. The van der Waals surface area contributed by atoms with Gasteiger partial charge in [0.15, 0.2) is 62.7 Å². The summed E-state index contributed by atoms with van der Waals surface area (Å²) in [6.45, 7) is 5.22. The number of hydrogen-bond acceptors (Lipinski definition) is 4. The standard InChI is InChI=1S/C54H50N8S2/c1-3-13-43(14-4-1)41-59-37-25-47(26-38-59)45-21-33-57(34-22-45)29-11-31-61-49-17-7-9-19-51(49)63-53(61)55-56-54-62(50-18-8-10-20-52(50)64-54)32-12-30-58-35-23-46(24-36-58)48-27-39-60(40-28-48)42-44-15-5-2-6-16-44/h1-10,13-28,33-40H,11-12,29-32,41-42H2/q+4. The molecule has 8 nitrogen and oxygen atoms in total. The van der Waals surface area contributed by atoms with E-state index in [-0.39, 0.29) is 0 Å². The van der Waals surface area contributed by atoms with Crippen LogP contribution >= 0.6 is 22.7 Å². The van der Waals surface area contributed by atoms with Gasteiger partial charge in [0.25, 0.3) is 0 Å². The van der Waals surface area contributed by atoms with Crippen LogP contribution < -0.4 is 27.9 Å². The van der Waals surface area contributed by atoms with Crippen molar-refractivity contribution in [3.05, 3.63) is 228 Å². The highest BCUT2D eigenvalue weighted by Gasteiger charge is 2.12. The van der Waals surface area contributed by atoms with Crippen LogP contribution in [-0.4, -0.2) is 9.13 Å². The molecule has 0 bridgehead atoms. The molecule has 0 saturated heterocycles. The van der Waals surface area contributed by atoms with Crippen molar-refractivity contribution in [1.82, 2.24) is 9.13 Å². The van der Waals surface area contributed by atoms with Crippen LogP contribution in [0.4, 0.5) is 0 Å². The molecule has 0 unspecified atom stereocenters. The van der Waals surface area contributed by atoms with E-state index in [1.54, 1.807) is 22.7 Å². The van der Waals surface area contributed by atoms with Gasteiger partial charge in [0.1, 0.15) is 13.1 Å². The topological polar surface area (TPSA) is 50.1 Å². The largest absolute Gasteiger partial charge is 0.315 e. The maximum Gasteiger partial charge on any atom is 0.211 e. The third-order valence-corrected chi connectivity index (χ3v) is 13.7. The zero-order chi connectivity index (χ0) is 42.9. The number of thiazole rings is 2. The van der Waals surface area contributed by atoms with Crippen molar-refractivity contribution in [2.45, 2.75) is 52.1 Å². The Balaban J connectivity index is 0.806. The zero-order valence-corrected chi connectivity index (χ0v) is 37.3. The van der Waals surface area contributed by atoms with Gasteiger partial charge in [-0.15, -0.1) is 10.2 Å². The summed E-state index contributed by atoms with van der Waals surface area (Å²) in [6, 6.07) is 56.0. The van der Waals surface area contributed by atoms with E-state index < -0.39 is 0 Å². The highest BCUT2D eigenvalue weighted by molar-refractivity contribution is 7.16. The lowest BCUT2D eigenvalue weighted by Crippen LogP contribution is -2.34. The van der Waals surface area contributed by atoms with Crippen molar-refractivity contribution < 1.29 is 18.3 Å². The maximum absolute atomic E-state index is 4.98. The van der Waals surface area contributed by atoms with E-state index in [0.29, 0.717) is 0 Å². The third-order valence-electron chi connectivity index (χ3n) is 11.6. The summed E-state index contributed by atoms with van der Waals surface area (Å²) < 4.78 is 16.1. The lowest BCUT2D eigenvalue weighted by atomic mass is 10.1.